The highest BCUT2D eigenvalue weighted by molar-refractivity contribution is 7.92. The van der Waals surface area contributed by atoms with Crippen LogP contribution >= 0.6 is 0 Å². The lowest BCUT2D eigenvalue weighted by Crippen LogP contribution is -2.16. The van der Waals surface area contributed by atoms with E-state index in [0.717, 1.165) is 0 Å². The van der Waals surface area contributed by atoms with Crippen LogP contribution in [0.2, 0.25) is 0 Å². The first-order chi connectivity index (χ1) is 7.51. The molecule has 0 bridgehead atoms. The molecular weight excluding hydrogens is 228 g/mol. The fourth-order valence-corrected chi connectivity index (χ4v) is 2.79. The van der Waals surface area contributed by atoms with Crippen molar-refractivity contribution in [2.24, 2.45) is 0 Å². The number of ether oxygens (including phenoxy) is 1. The van der Waals surface area contributed by atoms with Gasteiger partial charge in [-0.1, -0.05) is 19.1 Å². The number of hydrogen-bond donors (Lipinski definition) is 0. The van der Waals surface area contributed by atoms with Crippen molar-refractivity contribution in [2.75, 3.05) is 12.9 Å². The molecule has 5 heteroatoms. The molecule has 16 heavy (non-hydrogen) atoms. The van der Waals surface area contributed by atoms with Gasteiger partial charge in [-0.05, 0) is 12.1 Å². The van der Waals surface area contributed by atoms with Crippen LogP contribution in [0.4, 0.5) is 0 Å². The van der Waals surface area contributed by atoms with Crippen LogP contribution in [0.1, 0.15) is 13.3 Å². The maximum absolute atomic E-state index is 11.9. The van der Waals surface area contributed by atoms with E-state index in [-0.39, 0.29) is 22.8 Å². The van der Waals surface area contributed by atoms with E-state index in [2.05, 4.69) is 0 Å². The van der Waals surface area contributed by atoms with Gasteiger partial charge in [-0.2, -0.15) is 0 Å². The zero-order valence-electron chi connectivity index (χ0n) is 9.26. The minimum absolute atomic E-state index is 0.0688. The van der Waals surface area contributed by atoms with Crippen molar-refractivity contribution in [3.63, 3.8) is 0 Å². The zero-order chi connectivity index (χ0) is 12.2. The Kier molecular flexibility index (Phi) is 4.06. The van der Waals surface area contributed by atoms with E-state index in [9.17, 15) is 13.2 Å². The molecule has 0 aliphatic heterocycles. The van der Waals surface area contributed by atoms with Gasteiger partial charge in [-0.25, -0.2) is 8.42 Å². The number of Topliss-reactive ketones (excluding diaryl/α,β-unsaturated/α-hetero) is 1. The molecule has 88 valence electrons. The van der Waals surface area contributed by atoms with E-state index in [1.165, 1.54) is 13.2 Å². The van der Waals surface area contributed by atoms with Gasteiger partial charge in [0, 0.05) is 6.42 Å². The molecule has 0 fully saturated rings. The molecule has 0 saturated heterocycles. The Bertz CT molecular complexity index is 477. The minimum atomic E-state index is -3.59. The summed E-state index contributed by atoms with van der Waals surface area (Å²) in [4.78, 5) is 11.2. The van der Waals surface area contributed by atoms with Gasteiger partial charge in [-0.3, -0.25) is 4.79 Å². The highest BCUT2D eigenvalue weighted by Crippen LogP contribution is 2.23. The van der Waals surface area contributed by atoms with Crippen LogP contribution < -0.4 is 4.74 Å². The van der Waals surface area contributed by atoms with E-state index >= 15 is 0 Å². The summed E-state index contributed by atoms with van der Waals surface area (Å²) in [6.07, 6.45) is 0.217. The highest BCUT2D eigenvalue weighted by atomic mass is 32.2. The van der Waals surface area contributed by atoms with Crippen LogP contribution in [0.5, 0.6) is 5.75 Å². The smallest absolute Gasteiger partial charge is 0.189 e. The third-order valence-electron chi connectivity index (χ3n) is 2.15. The molecule has 0 aliphatic rings. The molecule has 1 rings (SSSR count). The SMILES string of the molecule is CCC(=O)CS(=O)(=O)c1ccccc1OC. The normalized spacial score (nSPS) is 11.1. The minimum Gasteiger partial charge on any atom is -0.495 e. The third-order valence-corrected chi connectivity index (χ3v) is 3.86. The monoisotopic (exact) mass is 242 g/mol. The van der Waals surface area contributed by atoms with Crippen LogP contribution in [0.25, 0.3) is 0 Å². The molecule has 4 nitrogen and oxygen atoms in total. The molecule has 0 aliphatic carbocycles. The van der Waals surface area contributed by atoms with Crippen molar-refractivity contribution < 1.29 is 17.9 Å². The Morgan fingerprint density at radius 3 is 2.50 bits per heavy atom. The zero-order valence-corrected chi connectivity index (χ0v) is 10.1. The molecular formula is C11H14O4S. The third kappa shape index (κ3) is 2.82. The summed E-state index contributed by atoms with van der Waals surface area (Å²) in [5, 5.41) is 0. The summed E-state index contributed by atoms with van der Waals surface area (Å²) in [5.74, 6) is -0.499. The number of benzene rings is 1. The van der Waals surface area contributed by atoms with Crippen LogP contribution in [-0.2, 0) is 14.6 Å². The summed E-state index contributed by atoms with van der Waals surface area (Å²) in [7, 11) is -2.19. The van der Waals surface area contributed by atoms with Crippen molar-refractivity contribution in [1.29, 1.82) is 0 Å². The molecule has 0 unspecified atom stereocenters. The Labute approximate surface area is 95.2 Å². The van der Waals surface area contributed by atoms with Gasteiger partial charge in [0.15, 0.2) is 9.84 Å². The van der Waals surface area contributed by atoms with Crippen molar-refractivity contribution in [3.8, 4) is 5.75 Å². The second kappa shape index (κ2) is 5.12. The standard InChI is InChI=1S/C11H14O4S/c1-3-9(12)8-16(13,14)11-7-5-4-6-10(11)15-2/h4-7H,3,8H2,1-2H3. The summed E-state index contributed by atoms with van der Waals surface area (Å²) in [5.41, 5.74) is 0. The lowest BCUT2D eigenvalue weighted by Gasteiger charge is -2.08. The number of hydrogen-bond acceptors (Lipinski definition) is 4. The summed E-state index contributed by atoms with van der Waals surface area (Å²) < 4.78 is 28.7. The topological polar surface area (TPSA) is 60.4 Å². The number of sulfone groups is 1. The Morgan fingerprint density at radius 2 is 1.94 bits per heavy atom. The number of ketones is 1. The largest absolute Gasteiger partial charge is 0.495 e. The van der Waals surface area contributed by atoms with Crippen LogP contribution in [0, 0.1) is 0 Å². The maximum Gasteiger partial charge on any atom is 0.189 e. The van der Waals surface area contributed by atoms with Crippen LogP contribution in [-0.4, -0.2) is 27.1 Å². The second-order valence-electron chi connectivity index (χ2n) is 3.30. The Hall–Kier alpha value is -1.36. The van der Waals surface area contributed by atoms with E-state index < -0.39 is 15.6 Å². The van der Waals surface area contributed by atoms with Crippen LogP contribution in [0.3, 0.4) is 0 Å². The second-order valence-corrected chi connectivity index (χ2v) is 5.26. The van der Waals surface area contributed by atoms with Gasteiger partial charge in [-0.15, -0.1) is 0 Å². The number of rotatable bonds is 5. The quantitative estimate of drug-likeness (QED) is 0.784. The molecule has 0 N–H and O–H groups in total. The van der Waals surface area contributed by atoms with Crippen molar-refractivity contribution >= 4 is 15.6 Å². The molecule has 1 aromatic rings. The van der Waals surface area contributed by atoms with Crippen molar-refractivity contribution in [1.82, 2.24) is 0 Å². The number of methoxy groups -OCH3 is 1. The van der Waals surface area contributed by atoms with Crippen LogP contribution in [0.15, 0.2) is 29.2 Å². The molecule has 0 saturated carbocycles. The highest BCUT2D eigenvalue weighted by Gasteiger charge is 2.21. The fourth-order valence-electron chi connectivity index (χ4n) is 1.27. The van der Waals surface area contributed by atoms with Gasteiger partial charge in [0.25, 0.3) is 0 Å². The van der Waals surface area contributed by atoms with Crippen molar-refractivity contribution in [3.05, 3.63) is 24.3 Å². The van der Waals surface area contributed by atoms with Crippen molar-refractivity contribution in [2.45, 2.75) is 18.2 Å². The Morgan fingerprint density at radius 1 is 1.31 bits per heavy atom. The lowest BCUT2D eigenvalue weighted by atomic mass is 10.3. The summed E-state index contributed by atoms with van der Waals surface area (Å²) >= 11 is 0. The Balaban J connectivity index is 3.12. The average molecular weight is 242 g/mol. The van der Waals surface area contributed by atoms with Gasteiger partial charge < -0.3 is 4.74 Å². The summed E-state index contributed by atoms with van der Waals surface area (Å²) in [6.45, 7) is 1.64. The molecule has 0 radical (unpaired) electrons. The van der Waals surface area contributed by atoms with E-state index in [4.69, 9.17) is 4.74 Å². The number of carbonyl (C=O) groups is 1. The van der Waals surface area contributed by atoms with Gasteiger partial charge in [0.2, 0.25) is 0 Å². The van der Waals surface area contributed by atoms with E-state index in [1.807, 2.05) is 0 Å². The van der Waals surface area contributed by atoms with E-state index in [0.29, 0.717) is 0 Å². The maximum atomic E-state index is 11.9. The van der Waals surface area contributed by atoms with Gasteiger partial charge in [0.05, 0.1) is 7.11 Å². The first-order valence-electron chi connectivity index (χ1n) is 4.88. The predicted octanol–water partition coefficient (Wildman–Crippen LogP) is 1.45. The van der Waals surface area contributed by atoms with Gasteiger partial charge >= 0.3 is 0 Å². The molecule has 0 heterocycles. The molecule has 0 aromatic heterocycles. The molecule has 0 amide bonds. The van der Waals surface area contributed by atoms with Gasteiger partial charge in [0.1, 0.15) is 22.2 Å². The first-order valence-corrected chi connectivity index (χ1v) is 6.54. The predicted molar refractivity (Wildman–Crippen MR) is 60.3 cm³/mol. The molecule has 0 spiro atoms. The number of carbonyl (C=O) groups excluding carboxylic acids is 1. The average Bonchev–Trinajstić information content (AvgIpc) is 2.28. The number of para-hydroxylation sites is 1. The lowest BCUT2D eigenvalue weighted by molar-refractivity contribution is -0.116. The molecule has 1 aromatic carbocycles. The first kappa shape index (κ1) is 12.7. The van der Waals surface area contributed by atoms with E-state index in [1.54, 1.807) is 25.1 Å². The summed E-state index contributed by atoms with van der Waals surface area (Å²) in [6, 6.07) is 6.28. The molecule has 0 atom stereocenters. The fraction of sp³-hybridized carbons (Fsp3) is 0.364.